The SMILES string of the molecule is CC1(C)OB(c2cc3c(cc2C=O)OCO3)OC1(C)C.O=Cc1cc2c(cc1Br)OCO2. The Bertz CT molecular complexity index is 1050. The summed E-state index contributed by atoms with van der Waals surface area (Å²) in [5.74, 6) is 2.49. The number of hydrogen-bond donors (Lipinski definition) is 0. The van der Waals surface area contributed by atoms with E-state index < -0.39 is 18.3 Å². The Morgan fingerprint density at radius 2 is 1.19 bits per heavy atom. The van der Waals surface area contributed by atoms with Crippen LogP contribution in [0.5, 0.6) is 23.0 Å². The molecule has 8 nitrogen and oxygen atoms in total. The molecule has 0 aromatic heterocycles. The summed E-state index contributed by atoms with van der Waals surface area (Å²) in [4.78, 5) is 21.8. The highest BCUT2D eigenvalue weighted by Crippen LogP contribution is 2.38. The van der Waals surface area contributed by atoms with Gasteiger partial charge in [0.15, 0.2) is 29.3 Å². The number of carbonyl (C=O) groups is 2. The Morgan fingerprint density at radius 3 is 1.69 bits per heavy atom. The fourth-order valence-electron chi connectivity index (χ4n) is 3.27. The van der Waals surface area contributed by atoms with Gasteiger partial charge in [0.05, 0.1) is 11.2 Å². The smallest absolute Gasteiger partial charge is 0.454 e. The molecular weight excluding hydrogens is 483 g/mol. The zero-order valence-electron chi connectivity index (χ0n) is 18.1. The topological polar surface area (TPSA) is 89.5 Å². The molecule has 10 heteroatoms. The molecule has 2 aromatic carbocycles. The van der Waals surface area contributed by atoms with E-state index >= 15 is 0 Å². The monoisotopic (exact) mass is 504 g/mol. The molecule has 3 aliphatic rings. The summed E-state index contributed by atoms with van der Waals surface area (Å²) in [7, 11) is -0.588. The van der Waals surface area contributed by atoms with Gasteiger partial charge >= 0.3 is 7.12 Å². The number of ether oxygens (including phenoxy) is 4. The largest absolute Gasteiger partial charge is 0.495 e. The van der Waals surface area contributed by atoms with Crippen LogP contribution < -0.4 is 24.4 Å². The molecule has 5 rings (SSSR count). The van der Waals surface area contributed by atoms with Gasteiger partial charge in [-0.05, 0) is 73.4 Å². The highest BCUT2D eigenvalue weighted by molar-refractivity contribution is 9.10. The van der Waals surface area contributed by atoms with E-state index in [1.165, 1.54) is 0 Å². The van der Waals surface area contributed by atoms with Crippen LogP contribution in [0.2, 0.25) is 0 Å². The van der Waals surface area contributed by atoms with Gasteiger partial charge in [0.25, 0.3) is 0 Å². The number of hydrogen-bond acceptors (Lipinski definition) is 8. The number of aldehydes is 2. The van der Waals surface area contributed by atoms with Gasteiger partial charge in [0.2, 0.25) is 13.6 Å². The van der Waals surface area contributed by atoms with Crippen LogP contribution in [-0.2, 0) is 9.31 Å². The second-order valence-corrected chi connectivity index (χ2v) is 9.24. The number of carbonyl (C=O) groups excluding carboxylic acids is 2. The predicted molar refractivity (Wildman–Crippen MR) is 119 cm³/mol. The molecule has 32 heavy (non-hydrogen) atoms. The third kappa shape index (κ3) is 4.10. The molecule has 0 bridgehead atoms. The standard InChI is InChI=1S/C14H17BO5.C8H5BrO3/c1-13(2)14(3,4)20-15(19-13)10-6-12-11(17-8-18-12)5-9(10)7-16;9-6-2-8-7(11-4-12-8)1-5(6)3-10/h5-7H,8H2,1-4H3;1-3H,4H2. The number of halogens is 1. The molecule has 2 aromatic rings. The maximum atomic E-state index is 11.3. The maximum absolute atomic E-state index is 11.3. The first-order chi connectivity index (χ1) is 15.1. The van der Waals surface area contributed by atoms with E-state index in [1.54, 1.807) is 24.3 Å². The minimum absolute atomic E-state index is 0.167. The van der Waals surface area contributed by atoms with E-state index in [9.17, 15) is 9.59 Å². The van der Waals surface area contributed by atoms with E-state index in [2.05, 4.69) is 15.9 Å². The van der Waals surface area contributed by atoms with Crippen LogP contribution in [0.1, 0.15) is 48.4 Å². The minimum atomic E-state index is -0.588. The van der Waals surface area contributed by atoms with E-state index in [-0.39, 0.29) is 13.6 Å². The fraction of sp³-hybridized carbons (Fsp3) is 0.364. The predicted octanol–water partition coefficient (Wildman–Crippen LogP) is 3.52. The highest BCUT2D eigenvalue weighted by atomic mass is 79.9. The van der Waals surface area contributed by atoms with E-state index in [1.807, 2.05) is 27.7 Å². The molecule has 1 fully saturated rings. The molecule has 0 spiro atoms. The summed E-state index contributed by atoms with van der Waals surface area (Å²) in [5, 5.41) is 0. The summed E-state index contributed by atoms with van der Waals surface area (Å²) in [6, 6.07) is 6.80. The third-order valence-electron chi connectivity index (χ3n) is 5.83. The third-order valence-corrected chi connectivity index (χ3v) is 6.52. The highest BCUT2D eigenvalue weighted by Gasteiger charge is 2.52. The molecule has 0 saturated carbocycles. The van der Waals surface area contributed by atoms with Gasteiger partial charge in [0.1, 0.15) is 6.29 Å². The fourth-order valence-corrected chi connectivity index (χ4v) is 3.69. The molecule has 1 saturated heterocycles. The van der Waals surface area contributed by atoms with Crippen LogP contribution >= 0.6 is 15.9 Å². The Balaban J connectivity index is 0.000000174. The van der Waals surface area contributed by atoms with Crippen LogP contribution in [0.4, 0.5) is 0 Å². The molecular formula is C22H22BBrO8. The van der Waals surface area contributed by atoms with Gasteiger partial charge in [-0.1, -0.05) is 0 Å². The van der Waals surface area contributed by atoms with Crippen molar-refractivity contribution in [3.8, 4) is 23.0 Å². The lowest BCUT2D eigenvalue weighted by atomic mass is 9.76. The first-order valence-corrected chi connectivity index (χ1v) is 10.7. The van der Waals surface area contributed by atoms with Crippen molar-refractivity contribution in [2.24, 2.45) is 0 Å². The summed E-state index contributed by atoms with van der Waals surface area (Å²) < 4.78 is 33.5. The number of rotatable bonds is 3. The molecule has 3 heterocycles. The van der Waals surface area contributed by atoms with E-state index in [0.29, 0.717) is 39.6 Å². The number of fused-ring (bicyclic) bond motifs is 2. The molecule has 168 valence electrons. The molecule has 3 aliphatic heterocycles. The zero-order chi connectivity index (χ0) is 23.1. The van der Waals surface area contributed by atoms with E-state index in [0.717, 1.165) is 17.0 Å². The minimum Gasteiger partial charge on any atom is -0.454 e. The quantitative estimate of drug-likeness (QED) is 0.463. The van der Waals surface area contributed by atoms with Gasteiger partial charge in [-0.2, -0.15) is 0 Å². The lowest BCUT2D eigenvalue weighted by molar-refractivity contribution is 0.00578. The van der Waals surface area contributed by atoms with Gasteiger partial charge in [0, 0.05) is 15.6 Å². The summed E-state index contributed by atoms with van der Waals surface area (Å²) >= 11 is 3.24. The number of benzene rings is 2. The Labute approximate surface area is 194 Å². The van der Waals surface area contributed by atoms with Gasteiger partial charge in [-0.15, -0.1) is 0 Å². The Kier molecular flexibility index (Phi) is 5.95. The van der Waals surface area contributed by atoms with Crippen molar-refractivity contribution >= 4 is 41.1 Å². The Hall–Kier alpha value is -2.56. The van der Waals surface area contributed by atoms with E-state index in [4.69, 9.17) is 28.3 Å². The lowest BCUT2D eigenvalue weighted by Crippen LogP contribution is -2.41. The molecule has 0 aliphatic carbocycles. The average molecular weight is 505 g/mol. The van der Waals surface area contributed by atoms with Crippen LogP contribution in [-0.4, -0.2) is 44.5 Å². The first-order valence-electron chi connectivity index (χ1n) is 9.94. The van der Waals surface area contributed by atoms with Crippen LogP contribution in [0.15, 0.2) is 28.7 Å². The summed E-state index contributed by atoms with van der Waals surface area (Å²) in [5.41, 5.74) is 0.831. The van der Waals surface area contributed by atoms with Crippen molar-refractivity contribution < 1.29 is 37.8 Å². The molecule has 0 atom stereocenters. The van der Waals surface area contributed by atoms with Crippen molar-refractivity contribution in [3.63, 3.8) is 0 Å². The van der Waals surface area contributed by atoms with Crippen molar-refractivity contribution in [1.82, 2.24) is 0 Å². The Morgan fingerprint density at radius 1 is 0.750 bits per heavy atom. The molecule has 0 radical (unpaired) electrons. The second kappa shape index (κ2) is 8.42. The average Bonchev–Trinajstić information content (AvgIpc) is 3.44. The van der Waals surface area contributed by atoms with Crippen molar-refractivity contribution in [1.29, 1.82) is 0 Å². The van der Waals surface area contributed by atoms with Crippen molar-refractivity contribution in [2.75, 3.05) is 13.6 Å². The van der Waals surface area contributed by atoms with Crippen LogP contribution in [0, 0.1) is 0 Å². The van der Waals surface area contributed by atoms with Gasteiger partial charge in [-0.25, -0.2) is 0 Å². The normalized spacial score (nSPS) is 18.7. The van der Waals surface area contributed by atoms with Crippen LogP contribution in [0.25, 0.3) is 0 Å². The van der Waals surface area contributed by atoms with Crippen LogP contribution in [0.3, 0.4) is 0 Å². The molecule has 0 N–H and O–H groups in total. The first kappa shape index (κ1) is 22.6. The van der Waals surface area contributed by atoms with Crippen molar-refractivity contribution in [3.05, 3.63) is 39.9 Å². The summed E-state index contributed by atoms with van der Waals surface area (Å²) in [6.07, 6.45) is 1.55. The van der Waals surface area contributed by atoms with Gasteiger partial charge in [-0.3, -0.25) is 9.59 Å². The van der Waals surface area contributed by atoms with Gasteiger partial charge < -0.3 is 28.3 Å². The van der Waals surface area contributed by atoms with Crippen molar-refractivity contribution in [2.45, 2.75) is 38.9 Å². The second-order valence-electron chi connectivity index (χ2n) is 8.39. The maximum Gasteiger partial charge on any atom is 0.495 e. The molecule has 0 unspecified atom stereocenters. The summed E-state index contributed by atoms with van der Waals surface area (Å²) in [6.45, 7) is 8.28. The zero-order valence-corrected chi connectivity index (χ0v) is 19.7. The lowest BCUT2D eigenvalue weighted by Gasteiger charge is -2.32. The molecule has 0 amide bonds.